The molecule has 0 aliphatic rings. The topological polar surface area (TPSA) is 30.0 Å². The highest BCUT2D eigenvalue weighted by Crippen LogP contribution is 2.29. The molecule has 1 heterocycles. The van der Waals surface area contributed by atoms with E-state index in [0.29, 0.717) is 9.35 Å². The highest BCUT2D eigenvalue weighted by Gasteiger charge is 2.19. The molecule has 0 aliphatic heterocycles. The van der Waals surface area contributed by atoms with Gasteiger partial charge in [-0.25, -0.2) is 9.37 Å². The molecule has 0 aliphatic carbocycles. The summed E-state index contributed by atoms with van der Waals surface area (Å²) in [5, 5.41) is 0.675. The quantitative estimate of drug-likeness (QED) is 0.607. The Morgan fingerprint density at radius 2 is 2.24 bits per heavy atom. The summed E-state index contributed by atoms with van der Waals surface area (Å²) in [5.41, 5.74) is -0.0400. The van der Waals surface area contributed by atoms with Crippen molar-refractivity contribution in [1.29, 1.82) is 0 Å². The first-order chi connectivity index (χ1) is 8.00. The van der Waals surface area contributed by atoms with E-state index in [1.54, 1.807) is 13.0 Å². The second-order valence-electron chi connectivity index (χ2n) is 3.30. The molecule has 6 heteroatoms. The molecule has 0 atom stereocenters. The number of carbonyl (C=O) groups excluding carboxylic acids is 1. The fourth-order valence-corrected chi connectivity index (χ4v) is 2.50. The first-order valence-electron chi connectivity index (χ1n) is 4.61. The average Bonchev–Trinajstić information content (AvgIpc) is 2.72. The molecule has 0 fully saturated rings. The summed E-state index contributed by atoms with van der Waals surface area (Å²) in [4.78, 5) is 16.4. The fraction of sp³-hybridized carbons (Fsp3) is 0.0909. The maximum atomic E-state index is 13.8. The molecule has 88 valence electrons. The van der Waals surface area contributed by atoms with Crippen LogP contribution in [-0.2, 0) is 0 Å². The largest absolute Gasteiger partial charge is 0.288 e. The third kappa shape index (κ3) is 2.41. The van der Waals surface area contributed by atoms with Crippen LogP contribution in [-0.4, -0.2) is 10.8 Å². The minimum atomic E-state index is -0.711. The van der Waals surface area contributed by atoms with Crippen LogP contribution in [0.25, 0.3) is 0 Å². The van der Waals surface area contributed by atoms with Crippen LogP contribution in [0, 0.1) is 12.7 Å². The molecule has 0 bridgehead atoms. The first-order valence-corrected chi connectivity index (χ1v) is 6.60. The molecule has 0 radical (unpaired) electrons. The Hall–Kier alpha value is -0.780. The van der Waals surface area contributed by atoms with E-state index in [2.05, 4.69) is 20.9 Å². The summed E-state index contributed by atoms with van der Waals surface area (Å²) in [6, 6.07) is 2.95. The van der Waals surface area contributed by atoms with E-state index in [1.807, 2.05) is 0 Å². The Morgan fingerprint density at radius 3 is 2.82 bits per heavy atom. The number of aromatic nitrogens is 1. The van der Waals surface area contributed by atoms with Gasteiger partial charge in [0.05, 0.1) is 20.5 Å². The molecule has 0 spiro atoms. The van der Waals surface area contributed by atoms with Gasteiger partial charge in [-0.15, -0.1) is 11.3 Å². The van der Waals surface area contributed by atoms with Crippen molar-refractivity contribution in [2.24, 2.45) is 0 Å². The molecule has 2 nitrogen and oxygen atoms in total. The predicted molar refractivity (Wildman–Crippen MR) is 69.4 cm³/mol. The molecular weight excluding hydrogens is 329 g/mol. The fourth-order valence-electron chi connectivity index (χ4n) is 1.30. The minimum Gasteiger partial charge on any atom is -0.288 e. The lowest BCUT2D eigenvalue weighted by atomic mass is 10.1. The van der Waals surface area contributed by atoms with Crippen LogP contribution in [0.15, 0.2) is 22.8 Å². The second kappa shape index (κ2) is 4.84. The summed E-state index contributed by atoms with van der Waals surface area (Å²) < 4.78 is 14.2. The Bertz CT molecular complexity index is 599. The van der Waals surface area contributed by atoms with Gasteiger partial charge in [0.1, 0.15) is 0 Å². The third-order valence-corrected chi connectivity index (χ3v) is 4.30. The zero-order valence-corrected chi connectivity index (χ0v) is 11.8. The Kier molecular flexibility index (Phi) is 3.61. The van der Waals surface area contributed by atoms with Crippen LogP contribution in [0.2, 0.25) is 5.02 Å². The second-order valence-corrected chi connectivity index (χ2v) is 5.76. The van der Waals surface area contributed by atoms with Gasteiger partial charge in [0.25, 0.3) is 0 Å². The molecule has 2 rings (SSSR count). The molecule has 17 heavy (non-hydrogen) atoms. The number of rotatable bonds is 2. The van der Waals surface area contributed by atoms with Gasteiger partial charge < -0.3 is 0 Å². The number of aryl methyl sites for hydroxylation is 1. The zero-order valence-electron chi connectivity index (χ0n) is 8.63. The van der Waals surface area contributed by atoms with Crippen molar-refractivity contribution < 1.29 is 9.18 Å². The van der Waals surface area contributed by atoms with E-state index in [0.717, 1.165) is 5.01 Å². The average molecular weight is 335 g/mol. The third-order valence-electron chi connectivity index (χ3n) is 2.12. The van der Waals surface area contributed by atoms with Crippen molar-refractivity contribution in [3.63, 3.8) is 0 Å². The van der Waals surface area contributed by atoms with Gasteiger partial charge in [0.2, 0.25) is 5.78 Å². The summed E-state index contributed by atoms with van der Waals surface area (Å²) in [7, 11) is 0. The summed E-state index contributed by atoms with van der Waals surface area (Å²) in [6.07, 6.45) is 1.44. The first kappa shape index (κ1) is 12.7. The lowest BCUT2D eigenvalue weighted by Gasteiger charge is -2.03. The Morgan fingerprint density at radius 1 is 1.53 bits per heavy atom. The molecule has 0 N–H and O–H groups in total. The standard InChI is InChI=1S/C11H6BrClFNOS/c1-5-15-4-8(17-5)11(16)6-2-3-7(12)9(13)10(6)14/h2-4H,1H3. The monoisotopic (exact) mass is 333 g/mol. The number of benzene rings is 1. The van der Waals surface area contributed by atoms with Crippen LogP contribution in [0.1, 0.15) is 20.2 Å². The number of thiazole rings is 1. The van der Waals surface area contributed by atoms with Crippen LogP contribution >= 0.6 is 38.9 Å². The number of ketones is 1. The predicted octanol–water partition coefficient (Wildman–Crippen LogP) is 4.24. The molecule has 0 amide bonds. The van der Waals surface area contributed by atoms with Gasteiger partial charge in [-0.05, 0) is 35.0 Å². The zero-order chi connectivity index (χ0) is 12.6. The van der Waals surface area contributed by atoms with Gasteiger partial charge in [0.15, 0.2) is 5.82 Å². The van der Waals surface area contributed by atoms with Crippen molar-refractivity contribution in [3.8, 4) is 0 Å². The molecule has 1 aromatic carbocycles. The number of carbonyl (C=O) groups is 1. The van der Waals surface area contributed by atoms with Crippen molar-refractivity contribution in [2.75, 3.05) is 0 Å². The summed E-state index contributed by atoms with van der Waals surface area (Å²) in [5.74, 6) is -1.11. The van der Waals surface area contributed by atoms with E-state index in [9.17, 15) is 9.18 Å². The van der Waals surface area contributed by atoms with Gasteiger partial charge in [-0.1, -0.05) is 11.6 Å². The highest BCUT2D eigenvalue weighted by atomic mass is 79.9. The van der Waals surface area contributed by atoms with Crippen molar-refractivity contribution in [3.05, 3.63) is 49.1 Å². The highest BCUT2D eigenvalue weighted by molar-refractivity contribution is 9.10. The van der Waals surface area contributed by atoms with Crippen molar-refractivity contribution in [1.82, 2.24) is 4.98 Å². The molecule has 0 saturated carbocycles. The van der Waals surface area contributed by atoms with Gasteiger partial charge in [-0.3, -0.25) is 4.79 Å². The Balaban J connectivity index is 2.48. The van der Waals surface area contributed by atoms with Crippen molar-refractivity contribution >= 4 is 44.7 Å². The maximum absolute atomic E-state index is 13.8. The van der Waals surface area contributed by atoms with Crippen molar-refractivity contribution in [2.45, 2.75) is 6.92 Å². The van der Waals surface area contributed by atoms with E-state index < -0.39 is 11.6 Å². The van der Waals surface area contributed by atoms with E-state index >= 15 is 0 Å². The molecule has 2 aromatic rings. The lowest BCUT2D eigenvalue weighted by molar-refractivity contribution is 0.103. The molecular formula is C11H6BrClFNOS. The normalized spacial score (nSPS) is 10.6. The summed E-state index contributed by atoms with van der Waals surface area (Å²) >= 11 is 10.1. The smallest absolute Gasteiger partial charge is 0.207 e. The number of hydrogen-bond donors (Lipinski definition) is 0. The number of halogens is 3. The molecule has 0 unspecified atom stereocenters. The number of nitrogens with zero attached hydrogens (tertiary/aromatic N) is 1. The minimum absolute atomic E-state index is 0.0400. The Labute approximate surface area is 115 Å². The van der Waals surface area contributed by atoms with Crippen LogP contribution in [0.3, 0.4) is 0 Å². The SMILES string of the molecule is Cc1ncc(C(=O)c2ccc(Br)c(Cl)c2F)s1. The summed E-state index contributed by atoms with van der Waals surface area (Å²) in [6.45, 7) is 1.78. The van der Waals surface area contributed by atoms with Gasteiger partial charge >= 0.3 is 0 Å². The van der Waals surface area contributed by atoms with Crippen LogP contribution in [0.4, 0.5) is 4.39 Å². The van der Waals surface area contributed by atoms with E-state index in [-0.39, 0.29) is 10.6 Å². The van der Waals surface area contributed by atoms with Gasteiger partial charge in [0, 0.05) is 10.7 Å². The van der Waals surface area contributed by atoms with E-state index in [4.69, 9.17) is 11.6 Å². The molecule has 1 aromatic heterocycles. The van der Waals surface area contributed by atoms with E-state index in [1.165, 1.54) is 23.6 Å². The van der Waals surface area contributed by atoms with Crippen LogP contribution < -0.4 is 0 Å². The number of hydrogen-bond acceptors (Lipinski definition) is 3. The maximum Gasteiger partial charge on any atom is 0.207 e. The van der Waals surface area contributed by atoms with Crippen LogP contribution in [0.5, 0.6) is 0 Å². The lowest BCUT2D eigenvalue weighted by Crippen LogP contribution is -2.02. The van der Waals surface area contributed by atoms with Gasteiger partial charge in [-0.2, -0.15) is 0 Å². The molecule has 0 saturated heterocycles.